The molecule has 0 aliphatic rings. The highest BCUT2D eigenvalue weighted by Gasteiger charge is 2.08. The topological polar surface area (TPSA) is 41.1 Å². The van der Waals surface area contributed by atoms with Gasteiger partial charge in [0.25, 0.3) is 0 Å². The van der Waals surface area contributed by atoms with Gasteiger partial charge < -0.3 is 10.6 Å². The fourth-order valence-corrected chi connectivity index (χ4v) is 2.98. The lowest BCUT2D eigenvalue weighted by Gasteiger charge is -2.13. The number of anilines is 2. The molecule has 0 saturated carbocycles. The maximum Gasteiger partial charge on any atom is 0.243 e. The van der Waals surface area contributed by atoms with Crippen LogP contribution >= 0.6 is 27.5 Å². The number of aryl methyl sites for hydroxylation is 2. The van der Waals surface area contributed by atoms with Crippen LogP contribution in [0.2, 0.25) is 5.02 Å². The van der Waals surface area contributed by atoms with Crippen molar-refractivity contribution in [2.45, 2.75) is 13.8 Å². The average Bonchev–Trinajstić information content (AvgIpc) is 2.40. The summed E-state index contributed by atoms with van der Waals surface area (Å²) in [5.74, 6) is -0.134. The molecule has 3 nitrogen and oxygen atoms in total. The van der Waals surface area contributed by atoms with Crippen molar-refractivity contribution in [2.75, 3.05) is 17.2 Å². The SMILES string of the molecule is Cc1cc(Br)cc(C)c1NCC(=O)Nc1ccccc1Cl. The average molecular weight is 368 g/mol. The number of nitrogens with one attached hydrogen (secondary N) is 2. The van der Waals surface area contributed by atoms with Gasteiger partial charge in [0.15, 0.2) is 0 Å². The minimum atomic E-state index is -0.134. The number of hydrogen-bond donors (Lipinski definition) is 2. The number of hydrogen-bond acceptors (Lipinski definition) is 2. The number of benzene rings is 2. The Morgan fingerprint density at radius 1 is 1.19 bits per heavy atom. The lowest BCUT2D eigenvalue weighted by molar-refractivity contribution is -0.114. The van der Waals surface area contributed by atoms with Gasteiger partial charge in [-0.05, 0) is 49.2 Å². The van der Waals surface area contributed by atoms with Gasteiger partial charge in [-0.2, -0.15) is 0 Å². The Hall–Kier alpha value is -1.52. The minimum absolute atomic E-state index is 0.134. The first-order chi connectivity index (χ1) is 9.97. The lowest BCUT2D eigenvalue weighted by atomic mass is 10.1. The zero-order valence-corrected chi connectivity index (χ0v) is 14.2. The first-order valence-corrected chi connectivity index (χ1v) is 7.69. The number of carbonyl (C=O) groups excluding carboxylic acids is 1. The normalized spacial score (nSPS) is 10.3. The van der Waals surface area contributed by atoms with E-state index in [2.05, 4.69) is 26.6 Å². The summed E-state index contributed by atoms with van der Waals surface area (Å²) in [6.45, 7) is 4.20. The molecule has 1 amide bonds. The molecule has 110 valence electrons. The van der Waals surface area contributed by atoms with E-state index in [4.69, 9.17) is 11.6 Å². The molecule has 0 heterocycles. The smallest absolute Gasteiger partial charge is 0.243 e. The number of amides is 1. The van der Waals surface area contributed by atoms with Gasteiger partial charge >= 0.3 is 0 Å². The van der Waals surface area contributed by atoms with Gasteiger partial charge in [-0.15, -0.1) is 0 Å². The Labute approximate surface area is 137 Å². The van der Waals surface area contributed by atoms with E-state index in [0.717, 1.165) is 21.3 Å². The van der Waals surface area contributed by atoms with Crippen LogP contribution in [0.4, 0.5) is 11.4 Å². The molecular formula is C16H16BrClN2O. The summed E-state index contributed by atoms with van der Waals surface area (Å²) in [5.41, 5.74) is 3.78. The second-order valence-corrected chi connectivity index (χ2v) is 6.12. The van der Waals surface area contributed by atoms with Crippen molar-refractivity contribution >= 4 is 44.8 Å². The van der Waals surface area contributed by atoms with Crippen LogP contribution in [0.1, 0.15) is 11.1 Å². The highest BCUT2D eigenvalue weighted by molar-refractivity contribution is 9.10. The van der Waals surface area contributed by atoms with Crippen molar-refractivity contribution < 1.29 is 4.79 Å². The van der Waals surface area contributed by atoms with Crippen molar-refractivity contribution in [2.24, 2.45) is 0 Å². The summed E-state index contributed by atoms with van der Waals surface area (Å²) in [6, 6.07) is 11.2. The third kappa shape index (κ3) is 4.22. The number of halogens is 2. The van der Waals surface area contributed by atoms with Crippen molar-refractivity contribution in [1.82, 2.24) is 0 Å². The molecule has 21 heavy (non-hydrogen) atoms. The molecular weight excluding hydrogens is 352 g/mol. The van der Waals surface area contributed by atoms with E-state index < -0.39 is 0 Å². The van der Waals surface area contributed by atoms with E-state index in [-0.39, 0.29) is 12.5 Å². The summed E-state index contributed by atoms with van der Waals surface area (Å²) in [5, 5.41) is 6.49. The van der Waals surface area contributed by atoms with Crippen LogP contribution in [-0.2, 0) is 4.79 Å². The molecule has 0 aromatic heterocycles. The van der Waals surface area contributed by atoms with Gasteiger partial charge in [-0.25, -0.2) is 0 Å². The molecule has 2 aromatic rings. The molecule has 0 unspecified atom stereocenters. The summed E-state index contributed by atoms with van der Waals surface area (Å²) in [7, 11) is 0. The van der Waals surface area contributed by atoms with E-state index in [9.17, 15) is 4.79 Å². The molecule has 2 aromatic carbocycles. The predicted octanol–water partition coefficient (Wildman–Crippen LogP) is 4.77. The predicted molar refractivity (Wildman–Crippen MR) is 92.2 cm³/mol. The van der Waals surface area contributed by atoms with Gasteiger partial charge in [-0.1, -0.05) is 39.7 Å². The summed E-state index contributed by atoms with van der Waals surface area (Å²) >= 11 is 9.47. The van der Waals surface area contributed by atoms with Gasteiger partial charge in [0.2, 0.25) is 5.91 Å². The van der Waals surface area contributed by atoms with Crippen molar-refractivity contribution in [3.05, 3.63) is 57.0 Å². The lowest BCUT2D eigenvalue weighted by Crippen LogP contribution is -2.22. The molecule has 0 spiro atoms. The highest BCUT2D eigenvalue weighted by Crippen LogP contribution is 2.25. The van der Waals surface area contributed by atoms with Crippen LogP contribution < -0.4 is 10.6 Å². The fourth-order valence-electron chi connectivity index (χ4n) is 2.12. The zero-order chi connectivity index (χ0) is 15.4. The molecule has 0 atom stereocenters. The Morgan fingerprint density at radius 2 is 1.81 bits per heavy atom. The van der Waals surface area contributed by atoms with Crippen molar-refractivity contribution in [1.29, 1.82) is 0 Å². The van der Waals surface area contributed by atoms with Crippen LogP contribution in [-0.4, -0.2) is 12.5 Å². The Kier molecular flexibility index (Phi) is 5.26. The minimum Gasteiger partial charge on any atom is -0.376 e. The Balaban J connectivity index is 2.01. The molecule has 5 heteroatoms. The van der Waals surface area contributed by atoms with Crippen LogP contribution in [0.5, 0.6) is 0 Å². The molecule has 0 bridgehead atoms. The third-order valence-electron chi connectivity index (χ3n) is 3.07. The Bertz CT molecular complexity index is 650. The molecule has 0 aliphatic carbocycles. The van der Waals surface area contributed by atoms with Gasteiger partial charge in [0.1, 0.15) is 0 Å². The van der Waals surface area contributed by atoms with E-state index in [1.165, 1.54) is 0 Å². The maximum atomic E-state index is 12.0. The van der Waals surface area contributed by atoms with E-state index >= 15 is 0 Å². The van der Waals surface area contributed by atoms with Crippen LogP contribution in [0.15, 0.2) is 40.9 Å². The van der Waals surface area contributed by atoms with Crippen LogP contribution in [0.25, 0.3) is 0 Å². The monoisotopic (exact) mass is 366 g/mol. The van der Waals surface area contributed by atoms with Crippen molar-refractivity contribution in [3.8, 4) is 0 Å². The zero-order valence-electron chi connectivity index (χ0n) is 11.8. The molecule has 0 fully saturated rings. The molecule has 0 radical (unpaired) electrons. The summed E-state index contributed by atoms with van der Waals surface area (Å²) in [6.07, 6.45) is 0. The van der Waals surface area contributed by atoms with Gasteiger partial charge in [-0.3, -0.25) is 4.79 Å². The largest absolute Gasteiger partial charge is 0.376 e. The second-order valence-electron chi connectivity index (χ2n) is 4.80. The highest BCUT2D eigenvalue weighted by atomic mass is 79.9. The molecule has 0 saturated heterocycles. The second kappa shape index (κ2) is 6.96. The van der Waals surface area contributed by atoms with Crippen LogP contribution in [0, 0.1) is 13.8 Å². The quantitative estimate of drug-likeness (QED) is 0.817. The molecule has 2 rings (SSSR count). The van der Waals surface area contributed by atoms with E-state index in [1.807, 2.05) is 38.1 Å². The first kappa shape index (κ1) is 15.9. The first-order valence-electron chi connectivity index (χ1n) is 6.52. The van der Waals surface area contributed by atoms with Crippen LogP contribution in [0.3, 0.4) is 0 Å². The van der Waals surface area contributed by atoms with E-state index in [0.29, 0.717) is 10.7 Å². The molecule has 2 N–H and O–H groups in total. The maximum absolute atomic E-state index is 12.0. The number of carbonyl (C=O) groups is 1. The number of para-hydroxylation sites is 1. The molecule has 0 aliphatic heterocycles. The van der Waals surface area contributed by atoms with Crippen molar-refractivity contribution in [3.63, 3.8) is 0 Å². The van der Waals surface area contributed by atoms with Gasteiger partial charge in [0, 0.05) is 10.2 Å². The van der Waals surface area contributed by atoms with E-state index in [1.54, 1.807) is 12.1 Å². The number of rotatable bonds is 4. The summed E-state index contributed by atoms with van der Waals surface area (Å²) in [4.78, 5) is 12.0. The Morgan fingerprint density at radius 3 is 2.43 bits per heavy atom. The third-order valence-corrected chi connectivity index (χ3v) is 3.86. The standard InChI is InChI=1S/C16H16BrClN2O/c1-10-7-12(17)8-11(2)16(10)19-9-15(21)20-14-6-4-3-5-13(14)18/h3-8,19H,9H2,1-2H3,(H,20,21). The van der Waals surface area contributed by atoms with Gasteiger partial charge in [0.05, 0.1) is 17.3 Å². The summed E-state index contributed by atoms with van der Waals surface area (Å²) < 4.78 is 1.03. The fraction of sp³-hybridized carbons (Fsp3) is 0.188.